The maximum Gasteiger partial charge on any atom is 0.303 e. The molecule has 0 aromatic heterocycles. The Balaban J connectivity index is 1.93. The van der Waals surface area contributed by atoms with Crippen LogP contribution in [0.4, 0.5) is 5.69 Å². The van der Waals surface area contributed by atoms with Gasteiger partial charge in [0.2, 0.25) is 0 Å². The number of aliphatic carboxylic acids is 1. The molecular formula is C15H19NO2. The van der Waals surface area contributed by atoms with Crippen LogP contribution in [0.25, 0.3) is 0 Å². The van der Waals surface area contributed by atoms with E-state index in [9.17, 15) is 4.79 Å². The molecule has 18 heavy (non-hydrogen) atoms. The largest absolute Gasteiger partial charge is 0.481 e. The fraction of sp³-hybridized carbons (Fsp3) is 0.533. The lowest BCUT2D eigenvalue weighted by Crippen LogP contribution is -2.34. The van der Waals surface area contributed by atoms with Gasteiger partial charge < -0.3 is 10.0 Å². The molecule has 1 N–H and O–H groups in total. The monoisotopic (exact) mass is 245 g/mol. The van der Waals surface area contributed by atoms with Crippen molar-refractivity contribution in [1.29, 1.82) is 0 Å². The third-order valence-electron chi connectivity index (χ3n) is 4.02. The summed E-state index contributed by atoms with van der Waals surface area (Å²) < 4.78 is 0. The molecule has 0 saturated heterocycles. The molecule has 1 aromatic rings. The molecule has 0 atom stereocenters. The topological polar surface area (TPSA) is 40.5 Å². The molecule has 96 valence electrons. The number of carbonyl (C=O) groups is 1. The minimum atomic E-state index is -0.706. The van der Waals surface area contributed by atoms with Crippen molar-refractivity contribution in [3.63, 3.8) is 0 Å². The van der Waals surface area contributed by atoms with Crippen LogP contribution < -0.4 is 4.90 Å². The van der Waals surface area contributed by atoms with Crippen molar-refractivity contribution in [3.8, 4) is 0 Å². The Bertz CT molecular complexity index is 450. The molecule has 3 heteroatoms. The van der Waals surface area contributed by atoms with Gasteiger partial charge in [-0.05, 0) is 48.8 Å². The summed E-state index contributed by atoms with van der Waals surface area (Å²) in [6.07, 6.45) is 5.67. The Morgan fingerprint density at radius 1 is 1.17 bits per heavy atom. The lowest BCUT2D eigenvalue weighted by molar-refractivity contribution is -0.136. The summed E-state index contributed by atoms with van der Waals surface area (Å²) in [5.74, 6) is -0.706. The number of hydrogen-bond donors (Lipinski definition) is 1. The van der Waals surface area contributed by atoms with Crippen LogP contribution in [0.1, 0.15) is 36.0 Å². The molecule has 2 aliphatic rings. The Hall–Kier alpha value is -1.51. The van der Waals surface area contributed by atoms with Gasteiger partial charge in [-0.2, -0.15) is 0 Å². The van der Waals surface area contributed by atoms with Gasteiger partial charge in [0.05, 0.1) is 0 Å². The number of nitrogens with zero attached hydrogens (tertiary/aromatic N) is 1. The number of hydrogen-bond acceptors (Lipinski definition) is 2. The smallest absolute Gasteiger partial charge is 0.303 e. The van der Waals surface area contributed by atoms with E-state index in [1.165, 1.54) is 48.3 Å². The van der Waals surface area contributed by atoms with Crippen LogP contribution in [0, 0.1) is 0 Å². The van der Waals surface area contributed by atoms with Crippen LogP contribution in [-0.2, 0) is 24.1 Å². The van der Waals surface area contributed by atoms with Crippen molar-refractivity contribution in [2.75, 3.05) is 18.0 Å². The van der Waals surface area contributed by atoms with Crippen molar-refractivity contribution in [1.82, 2.24) is 0 Å². The molecule has 3 rings (SSSR count). The first-order valence-corrected chi connectivity index (χ1v) is 6.85. The zero-order chi connectivity index (χ0) is 12.5. The van der Waals surface area contributed by atoms with Crippen LogP contribution in [-0.4, -0.2) is 24.2 Å². The van der Waals surface area contributed by atoms with Gasteiger partial charge in [0.1, 0.15) is 0 Å². The van der Waals surface area contributed by atoms with E-state index >= 15 is 0 Å². The van der Waals surface area contributed by atoms with Crippen molar-refractivity contribution >= 4 is 11.7 Å². The number of anilines is 1. The Labute approximate surface area is 107 Å². The predicted octanol–water partition coefficient (Wildman–Crippen LogP) is 2.40. The minimum absolute atomic E-state index is 0.238. The number of carboxylic acid groups (broad SMARTS) is 1. The number of carboxylic acids is 1. The first-order chi connectivity index (χ1) is 8.74. The second-order valence-corrected chi connectivity index (χ2v) is 5.35. The summed E-state index contributed by atoms with van der Waals surface area (Å²) in [5, 5.41) is 8.78. The predicted molar refractivity (Wildman–Crippen MR) is 71.3 cm³/mol. The Morgan fingerprint density at radius 2 is 1.78 bits per heavy atom. The molecule has 1 aromatic carbocycles. The van der Waals surface area contributed by atoms with E-state index in [1.807, 2.05) is 0 Å². The molecule has 0 amide bonds. The standard InChI is InChI=1S/C15H19NO2/c17-14(18)6-5-11-9-12-3-1-7-16-8-2-4-13(10-11)15(12)16/h9-10H,1-8H2,(H,17,18). The van der Waals surface area contributed by atoms with E-state index in [4.69, 9.17) is 5.11 Å². The summed E-state index contributed by atoms with van der Waals surface area (Å²) in [7, 11) is 0. The lowest BCUT2D eigenvalue weighted by atomic mass is 9.89. The minimum Gasteiger partial charge on any atom is -0.481 e. The fourth-order valence-corrected chi connectivity index (χ4v) is 3.27. The van der Waals surface area contributed by atoms with E-state index in [-0.39, 0.29) is 6.42 Å². The van der Waals surface area contributed by atoms with Gasteiger partial charge in [0.15, 0.2) is 0 Å². The van der Waals surface area contributed by atoms with E-state index in [0.29, 0.717) is 6.42 Å². The van der Waals surface area contributed by atoms with Crippen LogP contribution in [0.2, 0.25) is 0 Å². The van der Waals surface area contributed by atoms with Crippen molar-refractivity contribution in [3.05, 3.63) is 28.8 Å². The highest BCUT2D eigenvalue weighted by atomic mass is 16.4. The molecule has 2 aliphatic heterocycles. The van der Waals surface area contributed by atoms with Crippen LogP contribution in [0.3, 0.4) is 0 Å². The Kier molecular flexibility index (Phi) is 2.98. The summed E-state index contributed by atoms with van der Waals surface area (Å²) in [4.78, 5) is 13.2. The molecule has 0 radical (unpaired) electrons. The highest BCUT2D eigenvalue weighted by Crippen LogP contribution is 2.36. The van der Waals surface area contributed by atoms with E-state index < -0.39 is 5.97 Å². The molecule has 0 bridgehead atoms. The molecule has 2 heterocycles. The Morgan fingerprint density at radius 3 is 2.33 bits per heavy atom. The summed E-state index contributed by atoms with van der Waals surface area (Å²) in [5.41, 5.74) is 5.55. The summed E-state index contributed by atoms with van der Waals surface area (Å²) in [6.45, 7) is 2.38. The van der Waals surface area contributed by atoms with Gasteiger partial charge in [0, 0.05) is 25.2 Å². The van der Waals surface area contributed by atoms with Gasteiger partial charge in [-0.15, -0.1) is 0 Å². The van der Waals surface area contributed by atoms with Gasteiger partial charge in [0.25, 0.3) is 0 Å². The third kappa shape index (κ3) is 2.09. The van der Waals surface area contributed by atoms with Gasteiger partial charge in [-0.1, -0.05) is 12.1 Å². The average molecular weight is 245 g/mol. The summed E-state index contributed by atoms with van der Waals surface area (Å²) in [6, 6.07) is 4.47. The SMILES string of the molecule is O=C(O)CCc1cc2c3c(c1)CCCN3CCC2. The highest BCUT2D eigenvalue weighted by Gasteiger charge is 2.24. The second kappa shape index (κ2) is 4.63. The molecule has 0 unspecified atom stereocenters. The van der Waals surface area contributed by atoms with Crippen LogP contribution in [0.5, 0.6) is 0 Å². The fourth-order valence-electron chi connectivity index (χ4n) is 3.27. The molecule has 3 nitrogen and oxygen atoms in total. The van der Waals surface area contributed by atoms with E-state index in [2.05, 4.69) is 17.0 Å². The lowest BCUT2D eigenvalue weighted by Gasteiger charge is -2.37. The van der Waals surface area contributed by atoms with Gasteiger partial charge in [-0.3, -0.25) is 4.79 Å². The quantitative estimate of drug-likeness (QED) is 0.889. The molecule has 0 saturated carbocycles. The molecule has 0 aliphatic carbocycles. The zero-order valence-electron chi connectivity index (χ0n) is 10.6. The third-order valence-corrected chi connectivity index (χ3v) is 4.02. The van der Waals surface area contributed by atoms with E-state index in [0.717, 1.165) is 12.8 Å². The van der Waals surface area contributed by atoms with Crippen LogP contribution in [0.15, 0.2) is 12.1 Å². The van der Waals surface area contributed by atoms with Gasteiger partial charge >= 0.3 is 5.97 Å². The van der Waals surface area contributed by atoms with Gasteiger partial charge in [-0.25, -0.2) is 0 Å². The van der Waals surface area contributed by atoms with E-state index in [1.54, 1.807) is 0 Å². The highest BCUT2D eigenvalue weighted by molar-refractivity contribution is 5.68. The first kappa shape index (κ1) is 11.6. The average Bonchev–Trinajstić information content (AvgIpc) is 2.37. The van der Waals surface area contributed by atoms with Crippen molar-refractivity contribution < 1.29 is 9.90 Å². The number of aryl methyl sites for hydroxylation is 3. The maximum absolute atomic E-state index is 10.7. The second-order valence-electron chi connectivity index (χ2n) is 5.35. The maximum atomic E-state index is 10.7. The van der Waals surface area contributed by atoms with Crippen molar-refractivity contribution in [2.45, 2.75) is 38.5 Å². The molecule has 0 fully saturated rings. The zero-order valence-corrected chi connectivity index (χ0v) is 10.6. The first-order valence-electron chi connectivity index (χ1n) is 6.85. The van der Waals surface area contributed by atoms with Crippen LogP contribution >= 0.6 is 0 Å². The summed E-state index contributed by atoms with van der Waals surface area (Å²) >= 11 is 0. The molecule has 0 spiro atoms. The molecular weight excluding hydrogens is 226 g/mol. The normalized spacial score (nSPS) is 17.4. The number of benzene rings is 1. The van der Waals surface area contributed by atoms with Crippen molar-refractivity contribution in [2.24, 2.45) is 0 Å². The number of rotatable bonds is 3.